The molecule has 0 aliphatic carbocycles. The monoisotopic (exact) mass is 328 g/mol. The number of nitrogens with zero attached hydrogens (tertiary/aromatic N) is 1. The van der Waals surface area contributed by atoms with Crippen molar-refractivity contribution in [1.82, 2.24) is 4.90 Å². The van der Waals surface area contributed by atoms with Gasteiger partial charge in [0, 0.05) is 13.1 Å². The Balaban J connectivity index is 0.00000242. The lowest BCUT2D eigenvalue weighted by Crippen LogP contribution is -2.38. The van der Waals surface area contributed by atoms with E-state index in [1.54, 1.807) is 0 Å². The van der Waals surface area contributed by atoms with Crippen LogP contribution in [0.1, 0.15) is 26.2 Å². The molecule has 1 atom stereocenters. The third kappa shape index (κ3) is 6.42. The molecule has 2 rings (SSSR count). The van der Waals surface area contributed by atoms with E-state index in [1.165, 1.54) is 25.9 Å². The number of halogens is 1. The highest BCUT2D eigenvalue weighted by Crippen LogP contribution is 2.20. The molecular weight excluding hydrogens is 300 g/mol. The van der Waals surface area contributed by atoms with Crippen LogP contribution in [0.15, 0.2) is 24.3 Å². The molecule has 0 saturated carbocycles. The van der Waals surface area contributed by atoms with Gasteiger partial charge in [-0.05, 0) is 69.5 Å². The molecule has 1 aromatic carbocycles. The van der Waals surface area contributed by atoms with Crippen LogP contribution in [-0.4, -0.2) is 44.3 Å². The molecule has 4 nitrogen and oxygen atoms in total. The zero-order valence-corrected chi connectivity index (χ0v) is 14.3. The van der Waals surface area contributed by atoms with Gasteiger partial charge >= 0.3 is 0 Å². The summed E-state index contributed by atoms with van der Waals surface area (Å²) in [5.74, 6) is 2.58. The summed E-state index contributed by atoms with van der Waals surface area (Å²) < 4.78 is 11.2. The van der Waals surface area contributed by atoms with Crippen LogP contribution in [-0.2, 0) is 0 Å². The topological polar surface area (TPSA) is 47.7 Å². The molecule has 22 heavy (non-hydrogen) atoms. The Morgan fingerprint density at radius 1 is 1.18 bits per heavy atom. The molecular formula is C17H29ClN2O2. The molecule has 0 bridgehead atoms. The second-order valence-corrected chi connectivity index (χ2v) is 5.64. The average Bonchev–Trinajstić information content (AvgIpc) is 2.50. The van der Waals surface area contributed by atoms with Crippen LogP contribution in [0.25, 0.3) is 0 Å². The van der Waals surface area contributed by atoms with Gasteiger partial charge in [0.15, 0.2) is 0 Å². The summed E-state index contributed by atoms with van der Waals surface area (Å²) in [5.41, 5.74) is 5.66. The largest absolute Gasteiger partial charge is 0.494 e. The van der Waals surface area contributed by atoms with Crippen molar-refractivity contribution in [1.29, 1.82) is 0 Å². The molecule has 0 radical (unpaired) electrons. The molecule has 5 heteroatoms. The number of hydrogen-bond acceptors (Lipinski definition) is 4. The highest BCUT2D eigenvalue weighted by Gasteiger charge is 2.18. The Labute approximate surface area is 140 Å². The van der Waals surface area contributed by atoms with Crippen LogP contribution in [0.5, 0.6) is 11.5 Å². The summed E-state index contributed by atoms with van der Waals surface area (Å²) in [6, 6.07) is 7.85. The smallest absolute Gasteiger partial charge is 0.119 e. The van der Waals surface area contributed by atoms with Crippen molar-refractivity contribution in [3.8, 4) is 11.5 Å². The maximum atomic E-state index is 5.82. The van der Waals surface area contributed by atoms with Crippen LogP contribution in [0.2, 0.25) is 0 Å². The fraction of sp³-hybridized carbons (Fsp3) is 0.647. The summed E-state index contributed by atoms with van der Waals surface area (Å²) in [5, 5.41) is 0. The van der Waals surface area contributed by atoms with E-state index in [4.69, 9.17) is 15.2 Å². The molecule has 0 aromatic heterocycles. The number of rotatable bonds is 8. The van der Waals surface area contributed by atoms with Crippen molar-refractivity contribution in [3.63, 3.8) is 0 Å². The van der Waals surface area contributed by atoms with E-state index >= 15 is 0 Å². The van der Waals surface area contributed by atoms with Gasteiger partial charge in [0.2, 0.25) is 0 Å². The summed E-state index contributed by atoms with van der Waals surface area (Å²) >= 11 is 0. The predicted octanol–water partition coefficient (Wildman–Crippen LogP) is 2.95. The highest BCUT2D eigenvalue weighted by molar-refractivity contribution is 5.85. The van der Waals surface area contributed by atoms with Crippen LogP contribution in [0, 0.1) is 5.92 Å². The zero-order chi connectivity index (χ0) is 14.9. The van der Waals surface area contributed by atoms with Crippen LogP contribution < -0.4 is 15.2 Å². The van der Waals surface area contributed by atoms with Crippen molar-refractivity contribution < 1.29 is 9.47 Å². The number of benzene rings is 1. The molecule has 0 amide bonds. The second-order valence-electron chi connectivity index (χ2n) is 5.64. The molecule has 126 valence electrons. The van der Waals surface area contributed by atoms with Gasteiger partial charge in [-0.2, -0.15) is 0 Å². The summed E-state index contributed by atoms with van der Waals surface area (Å²) in [6.07, 6.45) is 3.76. The maximum absolute atomic E-state index is 5.82. The summed E-state index contributed by atoms with van der Waals surface area (Å²) in [7, 11) is 0. The van der Waals surface area contributed by atoms with Gasteiger partial charge < -0.3 is 15.2 Å². The molecule has 1 unspecified atom stereocenters. The lowest BCUT2D eigenvalue weighted by Gasteiger charge is -2.32. The first-order valence-corrected chi connectivity index (χ1v) is 8.10. The van der Waals surface area contributed by atoms with Gasteiger partial charge in [-0.1, -0.05) is 0 Å². The third-order valence-electron chi connectivity index (χ3n) is 3.99. The Bertz CT molecular complexity index is 398. The van der Waals surface area contributed by atoms with Crippen molar-refractivity contribution in [2.75, 3.05) is 39.4 Å². The minimum atomic E-state index is 0. The fourth-order valence-corrected chi connectivity index (χ4v) is 2.92. The van der Waals surface area contributed by atoms with E-state index in [2.05, 4.69) is 4.90 Å². The quantitative estimate of drug-likeness (QED) is 0.797. The van der Waals surface area contributed by atoms with E-state index in [9.17, 15) is 0 Å². The molecule has 1 aliphatic rings. The van der Waals surface area contributed by atoms with Gasteiger partial charge in [-0.25, -0.2) is 0 Å². The van der Waals surface area contributed by atoms with Crippen molar-refractivity contribution in [2.45, 2.75) is 26.2 Å². The maximum Gasteiger partial charge on any atom is 0.119 e. The van der Waals surface area contributed by atoms with E-state index in [0.717, 1.165) is 43.5 Å². The predicted molar refractivity (Wildman–Crippen MR) is 93.2 cm³/mol. The molecule has 1 aromatic rings. The molecule has 1 heterocycles. The lowest BCUT2D eigenvalue weighted by atomic mass is 9.95. The third-order valence-corrected chi connectivity index (χ3v) is 3.99. The molecule has 1 saturated heterocycles. The van der Waals surface area contributed by atoms with Crippen molar-refractivity contribution in [3.05, 3.63) is 24.3 Å². The van der Waals surface area contributed by atoms with Gasteiger partial charge in [0.1, 0.15) is 18.1 Å². The summed E-state index contributed by atoms with van der Waals surface area (Å²) in [6.45, 7) is 7.58. The van der Waals surface area contributed by atoms with Crippen LogP contribution in [0.3, 0.4) is 0 Å². The number of likely N-dealkylation sites (tertiary alicyclic amines) is 1. The number of ether oxygens (including phenoxy) is 2. The van der Waals surface area contributed by atoms with Gasteiger partial charge in [0.05, 0.1) is 6.61 Å². The second kappa shape index (κ2) is 10.7. The number of hydrogen-bond donors (Lipinski definition) is 1. The highest BCUT2D eigenvalue weighted by atomic mass is 35.5. The van der Waals surface area contributed by atoms with Crippen molar-refractivity contribution >= 4 is 12.4 Å². The van der Waals surface area contributed by atoms with E-state index in [-0.39, 0.29) is 12.4 Å². The Morgan fingerprint density at radius 2 is 1.86 bits per heavy atom. The first-order valence-electron chi connectivity index (χ1n) is 8.10. The van der Waals surface area contributed by atoms with Crippen LogP contribution >= 0.6 is 12.4 Å². The van der Waals surface area contributed by atoms with Gasteiger partial charge in [-0.15, -0.1) is 12.4 Å². The standard InChI is InChI=1S/C17H28N2O2.ClH/c1-2-20-16-5-7-17(8-6-16)21-13-12-19-11-3-4-15(14-19)9-10-18;/h5-8,15H,2-4,9-14,18H2,1H3;1H. The normalized spacial score (nSPS) is 18.5. The Kier molecular flexibility index (Phi) is 9.28. The Morgan fingerprint density at radius 3 is 2.50 bits per heavy atom. The van der Waals surface area contributed by atoms with Gasteiger partial charge in [-0.3, -0.25) is 4.90 Å². The van der Waals surface area contributed by atoms with Crippen molar-refractivity contribution in [2.24, 2.45) is 11.7 Å². The zero-order valence-electron chi connectivity index (χ0n) is 13.5. The number of piperidine rings is 1. The van der Waals surface area contributed by atoms with E-state index in [0.29, 0.717) is 6.61 Å². The minimum absolute atomic E-state index is 0. The molecule has 1 aliphatic heterocycles. The molecule has 0 spiro atoms. The summed E-state index contributed by atoms with van der Waals surface area (Å²) in [4.78, 5) is 2.50. The first-order chi connectivity index (χ1) is 10.3. The Hall–Kier alpha value is -0.970. The minimum Gasteiger partial charge on any atom is -0.494 e. The average molecular weight is 329 g/mol. The van der Waals surface area contributed by atoms with Gasteiger partial charge in [0.25, 0.3) is 0 Å². The first kappa shape index (κ1) is 19.1. The SMILES string of the molecule is CCOc1ccc(OCCN2CCCC(CCN)C2)cc1.Cl. The molecule has 1 fully saturated rings. The molecule has 2 N–H and O–H groups in total. The number of nitrogens with two attached hydrogens (primary N) is 1. The lowest BCUT2D eigenvalue weighted by molar-refractivity contribution is 0.144. The van der Waals surface area contributed by atoms with E-state index < -0.39 is 0 Å². The van der Waals surface area contributed by atoms with E-state index in [1.807, 2.05) is 31.2 Å². The fourth-order valence-electron chi connectivity index (χ4n) is 2.92. The van der Waals surface area contributed by atoms with Crippen LogP contribution in [0.4, 0.5) is 0 Å².